The Hall–Kier alpha value is -2.74. The van der Waals surface area contributed by atoms with Crippen molar-refractivity contribution in [3.8, 4) is 0 Å². The summed E-state index contributed by atoms with van der Waals surface area (Å²) in [5, 5.41) is 9.59. The maximum Gasteiger partial charge on any atom is 0.248 e. The quantitative estimate of drug-likeness (QED) is 0.866. The second-order valence-electron chi connectivity index (χ2n) is 5.91. The van der Waals surface area contributed by atoms with E-state index in [9.17, 15) is 14.0 Å². The maximum absolute atomic E-state index is 13.0. The number of carbonyl (C=O) groups is 2. The molecule has 2 amide bonds. The van der Waals surface area contributed by atoms with Gasteiger partial charge < -0.3 is 20.1 Å². The van der Waals surface area contributed by atoms with E-state index in [-0.39, 0.29) is 24.1 Å². The van der Waals surface area contributed by atoms with Gasteiger partial charge in [-0.25, -0.2) is 4.39 Å². The highest BCUT2D eigenvalue weighted by Crippen LogP contribution is 2.13. The van der Waals surface area contributed by atoms with Crippen molar-refractivity contribution in [2.45, 2.75) is 19.4 Å². The molecule has 132 valence electrons. The first kappa shape index (κ1) is 17.1. The predicted molar refractivity (Wildman–Crippen MR) is 88.3 cm³/mol. The molecule has 1 aromatic heterocycles. The summed E-state index contributed by atoms with van der Waals surface area (Å²) in [7, 11) is 0. The van der Waals surface area contributed by atoms with Gasteiger partial charge in [0, 0.05) is 31.4 Å². The van der Waals surface area contributed by atoms with Crippen LogP contribution in [0.3, 0.4) is 0 Å². The lowest BCUT2D eigenvalue weighted by Gasteiger charge is -2.35. The molecule has 1 aliphatic rings. The van der Waals surface area contributed by atoms with Crippen molar-refractivity contribution in [2.75, 3.05) is 25.0 Å². The first-order valence-electron chi connectivity index (χ1n) is 8.02. The minimum atomic E-state index is -0.643. The summed E-state index contributed by atoms with van der Waals surface area (Å²) in [6, 6.07) is 6.55. The second-order valence-corrected chi connectivity index (χ2v) is 5.91. The Kier molecular flexibility index (Phi) is 5.08. The van der Waals surface area contributed by atoms with Gasteiger partial charge in [-0.1, -0.05) is 5.16 Å². The van der Waals surface area contributed by atoms with E-state index in [0.29, 0.717) is 36.8 Å². The third kappa shape index (κ3) is 4.21. The number of carbonyl (C=O) groups excluding carboxylic acids is 2. The van der Waals surface area contributed by atoms with Crippen LogP contribution in [0.25, 0.3) is 0 Å². The first-order chi connectivity index (χ1) is 12.0. The molecule has 1 fully saturated rings. The van der Waals surface area contributed by atoms with E-state index in [1.807, 2.05) is 0 Å². The van der Waals surface area contributed by atoms with Gasteiger partial charge in [0.05, 0.1) is 12.1 Å². The second kappa shape index (κ2) is 7.43. The minimum Gasteiger partial charge on any atom is -0.361 e. The van der Waals surface area contributed by atoms with Crippen LogP contribution in [-0.2, 0) is 16.0 Å². The average Bonchev–Trinajstić information content (AvgIpc) is 3.01. The molecule has 1 atom stereocenters. The molecule has 1 saturated heterocycles. The number of amides is 2. The number of hydrogen-bond donors (Lipinski definition) is 2. The van der Waals surface area contributed by atoms with Gasteiger partial charge >= 0.3 is 0 Å². The van der Waals surface area contributed by atoms with E-state index in [2.05, 4.69) is 15.8 Å². The zero-order chi connectivity index (χ0) is 17.8. The van der Waals surface area contributed by atoms with Crippen LogP contribution in [0.15, 0.2) is 34.9 Å². The molecule has 0 saturated carbocycles. The molecule has 1 aromatic carbocycles. The number of hydrogen-bond acceptors (Lipinski definition) is 5. The van der Waals surface area contributed by atoms with Gasteiger partial charge in [0.2, 0.25) is 11.8 Å². The number of halogens is 1. The van der Waals surface area contributed by atoms with E-state index >= 15 is 0 Å². The number of nitrogens with zero attached hydrogens (tertiary/aromatic N) is 2. The van der Waals surface area contributed by atoms with E-state index in [0.717, 1.165) is 0 Å². The predicted octanol–water partition coefficient (Wildman–Crippen LogP) is 1.10. The largest absolute Gasteiger partial charge is 0.361 e. The summed E-state index contributed by atoms with van der Waals surface area (Å²) in [4.78, 5) is 26.7. The van der Waals surface area contributed by atoms with Crippen LogP contribution >= 0.6 is 0 Å². The van der Waals surface area contributed by atoms with E-state index in [1.165, 1.54) is 29.2 Å². The van der Waals surface area contributed by atoms with Crippen LogP contribution in [0.5, 0.6) is 0 Å². The SMILES string of the molecule is Cc1cc(CC(=O)N2CCNC[C@@H]2C(=O)Nc2ccc(F)cc2)on1. The summed E-state index contributed by atoms with van der Waals surface area (Å²) in [5.74, 6) is -0.423. The molecule has 2 N–H and O–H groups in total. The maximum atomic E-state index is 13.0. The summed E-state index contributed by atoms with van der Waals surface area (Å²) in [6.45, 7) is 3.17. The molecule has 0 aliphatic carbocycles. The van der Waals surface area contributed by atoms with Crippen molar-refractivity contribution in [1.82, 2.24) is 15.4 Å². The highest BCUT2D eigenvalue weighted by Gasteiger charge is 2.32. The zero-order valence-electron chi connectivity index (χ0n) is 13.8. The van der Waals surface area contributed by atoms with Crippen molar-refractivity contribution in [3.05, 3.63) is 47.6 Å². The number of aryl methyl sites for hydroxylation is 1. The van der Waals surface area contributed by atoms with Gasteiger partial charge in [0.25, 0.3) is 0 Å². The zero-order valence-corrected chi connectivity index (χ0v) is 13.8. The molecular weight excluding hydrogens is 327 g/mol. The van der Waals surface area contributed by atoms with Crippen LogP contribution in [0.4, 0.5) is 10.1 Å². The minimum absolute atomic E-state index is 0.0567. The van der Waals surface area contributed by atoms with E-state index < -0.39 is 6.04 Å². The summed E-state index contributed by atoms with van der Waals surface area (Å²) >= 11 is 0. The smallest absolute Gasteiger partial charge is 0.248 e. The molecule has 2 aromatic rings. The number of aromatic nitrogens is 1. The van der Waals surface area contributed by atoms with Crippen LogP contribution < -0.4 is 10.6 Å². The lowest BCUT2D eigenvalue weighted by Crippen LogP contribution is -2.58. The molecule has 0 unspecified atom stereocenters. The van der Waals surface area contributed by atoms with Gasteiger partial charge in [0.1, 0.15) is 17.6 Å². The van der Waals surface area contributed by atoms with Crippen molar-refractivity contribution in [2.24, 2.45) is 0 Å². The van der Waals surface area contributed by atoms with Gasteiger partial charge in [0.15, 0.2) is 0 Å². The molecular formula is C17H19FN4O3. The lowest BCUT2D eigenvalue weighted by molar-refractivity contribution is -0.139. The molecule has 2 heterocycles. The van der Waals surface area contributed by atoms with Crippen LogP contribution in [-0.4, -0.2) is 47.5 Å². The molecule has 8 heteroatoms. The van der Waals surface area contributed by atoms with Gasteiger partial charge in [-0.2, -0.15) is 0 Å². The lowest BCUT2D eigenvalue weighted by atomic mass is 10.1. The highest BCUT2D eigenvalue weighted by molar-refractivity contribution is 5.97. The Balaban J connectivity index is 1.68. The molecule has 3 rings (SSSR count). The standard InChI is InChI=1S/C17H19FN4O3/c1-11-8-14(25-21-11)9-16(23)22-7-6-19-10-15(22)17(24)20-13-4-2-12(18)3-5-13/h2-5,8,15,19H,6-7,9-10H2,1H3,(H,20,24)/t15-/m1/s1. The van der Waals surface area contributed by atoms with Gasteiger partial charge in [-0.15, -0.1) is 0 Å². The van der Waals surface area contributed by atoms with Crippen LogP contribution in [0.2, 0.25) is 0 Å². The number of anilines is 1. The Morgan fingerprint density at radius 3 is 2.84 bits per heavy atom. The molecule has 0 radical (unpaired) electrons. The number of benzene rings is 1. The molecule has 7 nitrogen and oxygen atoms in total. The Morgan fingerprint density at radius 2 is 2.16 bits per heavy atom. The van der Waals surface area contributed by atoms with Crippen molar-refractivity contribution < 1.29 is 18.5 Å². The van der Waals surface area contributed by atoms with E-state index in [4.69, 9.17) is 4.52 Å². The Morgan fingerprint density at radius 1 is 1.40 bits per heavy atom. The van der Waals surface area contributed by atoms with Crippen LogP contribution in [0.1, 0.15) is 11.5 Å². The van der Waals surface area contributed by atoms with E-state index in [1.54, 1.807) is 13.0 Å². The van der Waals surface area contributed by atoms with Crippen LogP contribution in [0, 0.1) is 12.7 Å². The molecule has 0 bridgehead atoms. The summed E-state index contributed by atoms with van der Waals surface area (Å²) in [6.07, 6.45) is 0.0567. The fourth-order valence-electron chi connectivity index (χ4n) is 2.75. The Labute approximate surface area is 144 Å². The molecule has 0 spiro atoms. The summed E-state index contributed by atoms with van der Waals surface area (Å²) < 4.78 is 18.0. The number of piperazine rings is 1. The van der Waals surface area contributed by atoms with Crippen molar-refractivity contribution in [1.29, 1.82) is 0 Å². The number of rotatable bonds is 4. The number of nitrogens with one attached hydrogen (secondary N) is 2. The van der Waals surface area contributed by atoms with Gasteiger partial charge in [-0.3, -0.25) is 9.59 Å². The molecule has 25 heavy (non-hydrogen) atoms. The van der Waals surface area contributed by atoms with Gasteiger partial charge in [-0.05, 0) is 31.2 Å². The Bertz CT molecular complexity index is 760. The third-order valence-corrected chi connectivity index (χ3v) is 3.98. The fourth-order valence-corrected chi connectivity index (χ4v) is 2.75. The van der Waals surface area contributed by atoms with Crippen molar-refractivity contribution >= 4 is 17.5 Å². The highest BCUT2D eigenvalue weighted by atomic mass is 19.1. The fraction of sp³-hybridized carbons (Fsp3) is 0.353. The topological polar surface area (TPSA) is 87.5 Å². The average molecular weight is 346 g/mol. The monoisotopic (exact) mass is 346 g/mol. The third-order valence-electron chi connectivity index (χ3n) is 3.98. The summed E-state index contributed by atoms with van der Waals surface area (Å²) in [5.41, 5.74) is 1.18. The normalized spacial score (nSPS) is 17.4. The molecule has 1 aliphatic heterocycles. The van der Waals surface area contributed by atoms with Crippen molar-refractivity contribution in [3.63, 3.8) is 0 Å². The first-order valence-corrected chi connectivity index (χ1v) is 8.02.